The molecule has 1 aliphatic heterocycles. The van der Waals surface area contributed by atoms with Crippen molar-refractivity contribution in [3.63, 3.8) is 0 Å². The van der Waals surface area contributed by atoms with E-state index in [1.165, 1.54) is 54.6 Å². The van der Waals surface area contributed by atoms with Gasteiger partial charge in [0.2, 0.25) is 0 Å². The van der Waals surface area contributed by atoms with Crippen LogP contribution in [0, 0.1) is 18.8 Å². The van der Waals surface area contributed by atoms with Crippen LogP contribution in [0.4, 0.5) is 0 Å². The second kappa shape index (κ2) is 12.9. The van der Waals surface area contributed by atoms with Crippen LogP contribution in [0.25, 0.3) is 0 Å². The van der Waals surface area contributed by atoms with E-state index in [9.17, 15) is 27.6 Å². The van der Waals surface area contributed by atoms with Crippen molar-refractivity contribution >= 4 is 88.7 Å². The van der Waals surface area contributed by atoms with E-state index in [1.54, 1.807) is 12.1 Å². The SMILES string of the molecule is Cc1ccc(S(=O)(=O)Oc2ccc(C(=O)CN(C(=O)c3ccc(Cl)cc3Cl)N3C(=O)[C@@H]4C[C@H](Br)[C@@H](Br)C[C@H]4C3=O)cc2)cc1. The summed E-state index contributed by atoms with van der Waals surface area (Å²) in [6, 6.07) is 15.5. The minimum atomic E-state index is -4.12. The number of hydrazine groups is 1. The van der Waals surface area contributed by atoms with E-state index < -0.39 is 52.0 Å². The average Bonchev–Trinajstić information content (AvgIpc) is 3.20. The van der Waals surface area contributed by atoms with E-state index in [1.807, 2.05) is 6.92 Å². The predicted octanol–water partition coefficient (Wildman–Crippen LogP) is 6.23. The normalized spacial score (nSPS) is 21.6. The number of hydrogen-bond donors (Lipinski definition) is 0. The molecule has 0 unspecified atom stereocenters. The summed E-state index contributed by atoms with van der Waals surface area (Å²) in [6.07, 6.45) is 0.735. The molecule has 4 atom stereocenters. The molecular weight excluding hydrogens is 763 g/mol. The number of fused-ring (bicyclic) bond motifs is 1. The highest BCUT2D eigenvalue weighted by Gasteiger charge is 2.55. The molecule has 3 aromatic rings. The molecule has 9 nitrogen and oxygen atoms in total. The van der Waals surface area contributed by atoms with Crippen molar-refractivity contribution in [2.24, 2.45) is 11.8 Å². The largest absolute Gasteiger partial charge is 0.379 e. The monoisotopic (exact) mass is 784 g/mol. The molecule has 0 radical (unpaired) electrons. The van der Waals surface area contributed by atoms with Crippen LogP contribution in [0.5, 0.6) is 5.75 Å². The predicted molar refractivity (Wildman–Crippen MR) is 171 cm³/mol. The molecule has 44 heavy (non-hydrogen) atoms. The van der Waals surface area contributed by atoms with E-state index in [0.29, 0.717) is 12.8 Å². The van der Waals surface area contributed by atoms with Gasteiger partial charge in [0, 0.05) is 20.2 Å². The van der Waals surface area contributed by atoms with Crippen LogP contribution >= 0.6 is 55.1 Å². The number of rotatable bonds is 8. The number of carbonyl (C=O) groups is 4. The van der Waals surface area contributed by atoms with Crippen molar-refractivity contribution in [3.8, 4) is 5.75 Å². The van der Waals surface area contributed by atoms with Crippen molar-refractivity contribution < 1.29 is 31.8 Å². The number of amides is 3. The molecule has 0 spiro atoms. The Kier molecular flexibility index (Phi) is 9.58. The summed E-state index contributed by atoms with van der Waals surface area (Å²) in [5, 5.41) is 1.83. The van der Waals surface area contributed by atoms with Crippen LogP contribution in [0.15, 0.2) is 71.6 Å². The van der Waals surface area contributed by atoms with Gasteiger partial charge in [0.25, 0.3) is 17.7 Å². The van der Waals surface area contributed by atoms with E-state index >= 15 is 0 Å². The van der Waals surface area contributed by atoms with E-state index in [2.05, 4.69) is 31.9 Å². The smallest absolute Gasteiger partial charge is 0.339 e. The Morgan fingerprint density at radius 2 is 1.48 bits per heavy atom. The van der Waals surface area contributed by atoms with Crippen LogP contribution in [-0.4, -0.2) is 58.1 Å². The van der Waals surface area contributed by atoms with Gasteiger partial charge >= 0.3 is 10.1 Å². The van der Waals surface area contributed by atoms with Gasteiger partial charge in [-0.15, -0.1) is 0 Å². The molecule has 1 heterocycles. The number of benzene rings is 3. The minimum Gasteiger partial charge on any atom is -0.379 e. The number of alkyl halides is 2. The van der Waals surface area contributed by atoms with Gasteiger partial charge in [-0.05, 0) is 74.4 Å². The lowest BCUT2D eigenvalue weighted by atomic mass is 9.81. The molecule has 14 heteroatoms. The summed E-state index contributed by atoms with van der Waals surface area (Å²) < 4.78 is 30.5. The van der Waals surface area contributed by atoms with Crippen molar-refractivity contribution in [2.75, 3.05) is 6.54 Å². The highest BCUT2D eigenvalue weighted by molar-refractivity contribution is 9.12. The van der Waals surface area contributed by atoms with Crippen LogP contribution in [0.3, 0.4) is 0 Å². The first-order valence-corrected chi connectivity index (χ1v) is 17.3. The lowest BCUT2D eigenvalue weighted by Crippen LogP contribution is -2.52. The number of Topliss-reactive ketones (excluding diaryl/α,β-unsaturated/α-hetero) is 1. The van der Waals surface area contributed by atoms with Gasteiger partial charge in [0.15, 0.2) is 5.78 Å². The molecule has 0 aromatic heterocycles. The second-order valence-electron chi connectivity index (χ2n) is 10.5. The van der Waals surface area contributed by atoms with Crippen LogP contribution in [-0.2, 0) is 19.7 Å². The molecule has 1 saturated heterocycles. The van der Waals surface area contributed by atoms with E-state index in [-0.39, 0.29) is 41.5 Å². The zero-order chi connectivity index (χ0) is 31.9. The lowest BCUT2D eigenvalue weighted by molar-refractivity contribution is -0.154. The first-order chi connectivity index (χ1) is 20.8. The molecule has 3 aromatic carbocycles. The molecule has 2 fully saturated rings. The number of carbonyl (C=O) groups excluding carboxylic acids is 4. The van der Waals surface area contributed by atoms with Gasteiger partial charge in [-0.3, -0.25) is 19.2 Å². The summed E-state index contributed by atoms with van der Waals surface area (Å²) in [7, 11) is -4.12. The Balaban J connectivity index is 1.41. The van der Waals surface area contributed by atoms with Gasteiger partial charge in [0.05, 0.1) is 22.4 Å². The zero-order valence-corrected chi connectivity index (χ0v) is 28.5. The molecule has 230 valence electrons. The van der Waals surface area contributed by atoms with Gasteiger partial charge in [-0.25, -0.2) is 5.01 Å². The molecule has 2 aliphatic rings. The number of imide groups is 1. The van der Waals surface area contributed by atoms with Crippen molar-refractivity contribution in [1.29, 1.82) is 0 Å². The first kappa shape index (κ1) is 32.6. The van der Waals surface area contributed by atoms with E-state index in [4.69, 9.17) is 27.4 Å². The number of ketones is 1. The molecule has 1 saturated carbocycles. The highest BCUT2D eigenvalue weighted by Crippen LogP contribution is 2.44. The Morgan fingerprint density at radius 3 is 2.02 bits per heavy atom. The highest BCUT2D eigenvalue weighted by atomic mass is 79.9. The van der Waals surface area contributed by atoms with Gasteiger partial charge in [0.1, 0.15) is 17.2 Å². The summed E-state index contributed by atoms with van der Waals surface area (Å²) in [5.74, 6) is -4.00. The molecule has 5 rings (SSSR count). The molecule has 1 aliphatic carbocycles. The third-order valence-electron chi connectivity index (χ3n) is 7.51. The van der Waals surface area contributed by atoms with Crippen LogP contribution in [0.1, 0.15) is 39.1 Å². The Hall–Kier alpha value is -2.77. The molecule has 0 bridgehead atoms. The fraction of sp³-hybridized carbons (Fsp3) is 0.267. The first-order valence-electron chi connectivity index (χ1n) is 13.3. The minimum absolute atomic E-state index is 0.0196. The molecule has 3 amide bonds. The van der Waals surface area contributed by atoms with Gasteiger partial charge in [-0.2, -0.15) is 13.4 Å². The third-order valence-corrected chi connectivity index (χ3v) is 12.1. The van der Waals surface area contributed by atoms with Gasteiger partial charge < -0.3 is 4.18 Å². The van der Waals surface area contributed by atoms with Gasteiger partial charge in [-0.1, -0.05) is 72.8 Å². The Bertz CT molecular complexity index is 1730. The second-order valence-corrected chi connectivity index (χ2v) is 15.2. The lowest BCUT2D eigenvalue weighted by Gasteiger charge is -2.30. The fourth-order valence-corrected chi connectivity index (χ4v) is 7.81. The number of nitrogens with zero attached hydrogens (tertiary/aromatic N) is 2. The van der Waals surface area contributed by atoms with Crippen molar-refractivity contribution in [3.05, 3.63) is 93.5 Å². The van der Waals surface area contributed by atoms with Crippen LogP contribution in [0.2, 0.25) is 10.0 Å². The maximum absolute atomic E-state index is 13.8. The van der Waals surface area contributed by atoms with Crippen molar-refractivity contribution in [1.82, 2.24) is 10.0 Å². The van der Waals surface area contributed by atoms with E-state index in [0.717, 1.165) is 15.6 Å². The maximum atomic E-state index is 13.8. The number of hydrogen-bond acceptors (Lipinski definition) is 7. The number of aryl methyl sites for hydroxylation is 1. The summed E-state index contributed by atoms with van der Waals surface area (Å²) in [4.78, 5) is 54.3. The quantitative estimate of drug-likeness (QED) is 0.115. The maximum Gasteiger partial charge on any atom is 0.339 e. The average molecular weight is 787 g/mol. The Morgan fingerprint density at radius 1 is 0.909 bits per heavy atom. The van der Waals surface area contributed by atoms with Crippen molar-refractivity contribution in [2.45, 2.75) is 34.3 Å². The Labute approximate surface area is 280 Å². The number of halogens is 4. The topological polar surface area (TPSA) is 118 Å². The van der Waals surface area contributed by atoms with Crippen LogP contribution < -0.4 is 4.18 Å². The summed E-state index contributed by atoms with van der Waals surface area (Å²) in [6.45, 7) is 1.15. The fourth-order valence-electron chi connectivity index (χ4n) is 5.15. The molecular formula is C30H24Br2Cl2N2O7S. The summed E-state index contributed by atoms with van der Waals surface area (Å²) in [5.41, 5.74) is 0.914. The summed E-state index contributed by atoms with van der Waals surface area (Å²) >= 11 is 19.4. The third kappa shape index (κ3) is 6.60. The standard InChI is InChI=1S/C30H24Br2Cl2N2O7S/c1-16-2-9-20(10-3-16)44(41,42)43-19-7-4-17(5-8-19)27(37)15-35(28(38)21-11-6-18(33)12-26(21)34)36-29(39)22-13-24(31)25(32)14-23(22)30(36)40/h2-12,22-25H,13-15H2,1H3/t22-,23-,24+,25+/m1/s1. The zero-order valence-electron chi connectivity index (χ0n) is 23.0. The molecule has 0 N–H and O–H groups in total.